The maximum atomic E-state index is 13.0. The summed E-state index contributed by atoms with van der Waals surface area (Å²) in [5.74, 6) is 2.53. The molecule has 4 rings (SSSR count). The van der Waals surface area contributed by atoms with Crippen LogP contribution in [0.3, 0.4) is 0 Å². The normalized spacial score (nSPS) is 24.3. The average Bonchev–Trinajstić information content (AvgIpc) is 2.95. The Morgan fingerprint density at radius 1 is 1.23 bits per heavy atom. The number of hydrogen-bond acceptors (Lipinski definition) is 5. The second kappa shape index (κ2) is 7.14. The molecular formula is C20H28N4OS. The Morgan fingerprint density at radius 2 is 2.00 bits per heavy atom. The lowest BCUT2D eigenvalue weighted by Gasteiger charge is -2.42. The number of rotatable bonds is 3. The van der Waals surface area contributed by atoms with Crippen LogP contribution in [0.25, 0.3) is 10.2 Å². The van der Waals surface area contributed by atoms with E-state index in [1.807, 2.05) is 6.92 Å². The zero-order chi connectivity index (χ0) is 18.3. The molecule has 0 bridgehead atoms. The number of aryl methyl sites for hydroxylation is 2. The maximum Gasteiger partial charge on any atom is 0.244 e. The van der Waals surface area contributed by atoms with Crippen LogP contribution in [-0.2, 0) is 4.79 Å². The molecule has 5 nitrogen and oxygen atoms in total. The van der Waals surface area contributed by atoms with Crippen LogP contribution in [0.4, 0.5) is 5.82 Å². The molecule has 140 valence electrons. The van der Waals surface area contributed by atoms with Gasteiger partial charge in [0.05, 0.1) is 5.39 Å². The van der Waals surface area contributed by atoms with Gasteiger partial charge in [0.25, 0.3) is 0 Å². The van der Waals surface area contributed by atoms with Gasteiger partial charge in [0.15, 0.2) is 0 Å². The Morgan fingerprint density at radius 3 is 2.81 bits per heavy atom. The topological polar surface area (TPSA) is 58.1 Å². The summed E-state index contributed by atoms with van der Waals surface area (Å²) in [5, 5.41) is 4.43. The Kier molecular flexibility index (Phi) is 4.86. The SMILES string of the molecule is Cc1sc2ncnc(N[C@H](C)C(=O)N3CC[C@H]4CCCC[C@H]4C3)c2c1C. The van der Waals surface area contributed by atoms with Crippen LogP contribution in [0, 0.1) is 25.7 Å². The molecular weight excluding hydrogens is 344 g/mol. The summed E-state index contributed by atoms with van der Waals surface area (Å²) < 4.78 is 0. The Bertz CT molecular complexity index is 817. The summed E-state index contributed by atoms with van der Waals surface area (Å²) in [4.78, 5) is 26.2. The number of carbonyl (C=O) groups is 1. The smallest absolute Gasteiger partial charge is 0.244 e. The highest BCUT2D eigenvalue weighted by Gasteiger charge is 2.34. The molecule has 1 saturated carbocycles. The van der Waals surface area contributed by atoms with Crippen LogP contribution in [0.15, 0.2) is 6.33 Å². The van der Waals surface area contributed by atoms with Crippen molar-refractivity contribution in [3.63, 3.8) is 0 Å². The fraction of sp³-hybridized carbons (Fsp3) is 0.650. The van der Waals surface area contributed by atoms with Crippen molar-refractivity contribution in [1.82, 2.24) is 14.9 Å². The molecule has 0 spiro atoms. The average molecular weight is 373 g/mol. The molecule has 1 amide bonds. The molecule has 6 heteroatoms. The number of amides is 1. The zero-order valence-electron chi connectivity index (χ0n) is 15.9. The molecule has 26 heavy (non-hydrogen) atoms. The summed E-state index contributed by atoms with van der Waals surface area (Å²) in [6.45, 7) is 8.00. The third kappa shape index (κ3) is 3.20. The summed E-state index contributed by atoms with van der Waals surface area (Å²) in [6, 6.07) is -0.271. The fourth-order valence-electron chi connectivity index (χ4n) is 4.63. The van der Waals surface area contributed by atoms with E-state index in [1.165, 1.54) is 42.5 Å². The monoisotopic (exact) mass is 372 g/mol. The molecule has 0 radical (unpaired) electrons. The Balaban J connectivity index is 1.48. The summed E-state index contributed by atoms with van der Waals surface area (Å²) in [7, 11) is 0. The first-order valence-electron chi connectivity index (χ1n) is 9.80. The van der Waals surface area contributed by atoms with Gasteiger partial charge in [-0.25, -0.2) is 9.97 Å². The largest absolute Gasteiger partial charge is 0.358 e. The lowest BCUT2D eigenvalue weighted by atomic mass is 9.75. The van der Waals surface area contributed by atoms with Gasteiger partial charge in [0.1, 0.15) is 23.0 Å². The first-order valence-corrected chi connectivity index (χ1v) is 10.6. The summed E-state index contributed by atoms with van der Waals surface area (Å²) in [5.41, 5.74) is 1.20. The molecule has 1 N–H and O–H groups in total. The highest BCUT2D eigenvalue weighted by Crippen LogP contribution is 2.36. The minimum Gasteiger partial charge on any atom is -0.358 e. The van der Waals surface area contributed by atoms with Crippen molar-refractivity contribution < 1.29 is 4.79 Å². The Hall–Kier alpha value is -1.69. The van der Waals surface area contributed by atoms with Gasteiger partial charge in [-0.05, 0) is 51.0 Å². The van der Waals surface area contributed by atoms with Gasteiger partial charge < -0.3 is 10.2 Å². The molecule has 3 atom stereocenters. The number of nitrogens with one attached hydrogen (secondary N) is 1. The number of nitrogens with zero attached hydrogens (tertiary/aromatic N) is 3. The van der Waals surface area contributed by atoms with Crippen LogP contribution in [0.1, 0.15) is 49.5 Å². The quantitative estimate of drug-likeness (QED) is 0.879. The van der Waals surface area contributed by atoms with E-state index in [-0.39, 0.29) is 11.9 Å². The van der Waals surface area contributed by atoms with Crippen LogP contribution in [0.2, 0.25) is 0 Å². The van der Waals surface area contributed by atoms with E-state index in [1.54, 1.807) is 17.7 Å². The number of fused-ring (bicyclic) bond motifs is 2. The van der Waals surface area contributed by atoms with Crippen LogP contribution in [-0.4, -0.2) is 39.9 Å². The number of hydrogen-bond donors (Lipinski definition) is 1. The van der Waals surface area contributed by atoms with Gasteiger partial charge >= 0.3 is 0 Å². The molecule has 1 aliphatic heterocycles. The van der Waals surface area contributed by atoms with Crippen molar-refractivity contribution in [3.05, 3.63) is 16.8 Å². The van der Waals surface area contributed by atoms with E-state index in [9.17, 15) is 4.79 Å². The lowest BCUT2D eigenvalue weighted by molar-refractivity contribution is -0.134. The third-order valence-corrected chi connectivity index (χ3v) is 7.41. The molecule has 1 aliphatic carbocycles. The van der Waals surface area contributed by atoms with E-state index >= 15 is 0 Å². The molecule has 3 heterocycles. The predicted octanol–water partition coefficient (Wildman–Crippen LogP) is 4.15. The number of carbonyl (C=O) groups excluding carboxylic acids is 1. The van der Waals surface area contributed by atoms with Gasteiger partial charge in [-0.2, -0.15) is 0 Å². The number of piperidine rings is 1. The Labute approximate surface area is 159 Å². The molecule has 2 aromatic rings. The first kappa shape index (κ1) is 17.7. The number of thiophene rings is 1. The van der Waals surface area contributed by atoms with Crippen molar-refractivity contribution >= 4 is 33.3 Å². The van der Waals surface area contributed by atoms with Gasteiger partial charge in [-0.3, -0.25) is 4.79 Å². The zero-order valence-corrected chi connectivity index (χ0v) is 16.7. The predicted molar refractivity (Wildman–Crippen MR) is 107 cm³/mol. The van der Waals surface area contributed by atoms with Crippen LogP contribution < -0.4 is 5.32 Å². The van der Waals surface area contributed by atoms with E-state index in [0.717, 1.165) is 35.0 Å². The molecule has 0 unspecified atom stereocenters. The molecule has 1 saturated heterocycles. The maximum absolute atomic E-state index is 13.0. The number of anilines is 1. The second-order valence-electron chi connectivity index (χ2n) is 7.93. The lowest BCUT2D eigenvalue weighted by Crippen LogP contribution is -2.49. The summed E-state index contributed by atoms with van der Waals surface area (Å²) >= 11 is 1.68. The van der Waals surface area contributed by atoms with E-state index in [0.29, 0.717) is 5.92 Å². The van der Waals surface area contributed by atoms with Crippen LogP contribution in [0.5, 0.6) is 0 Å². The van der Waals surface area contributed by atoms with E-state index in [2.05, 4.69) is 34.0 Å². The van der Waals surface area contributed by atoms with Crippen molar-refractivity contribution in [3.8, 4) is 0 Å². The standard InChI is InChI=1S/C20H28N4OS/c1-12-14(3)26-19-17(12)18(21-11-22-19)23-13(2)20(25)24-9-8-15-6-4-5-7-16(15)10-24/h11,13,15-16H,4-10H2,1-3H3,(H,21,22,23)/t13-,15-,16+/m1/s1. The summed E-state index contributed by atoms with van der Waals surface area (Å²) in [6.07, 6.45) is 8.10. The van der Waals surface area contributed by atoms with Crippen molar-refractivity contribution in [2.75, 3.05) is 18.4 Å². The molecule has 2 aromatic heterocycles. The number of aromatic nitrogens is 2. The van der Waals surface area contributed by atoms with Crippen molar-refractivity contribution in [2.24, 2.45) is 11.8 Å². The minimum absolute atomic E-state index is 0.199. The van der Waals surface area contributed by atoms with Crippen LogP contribution >= 0.6 is 11.3 Å². The van der Waals surface area contributed by atoms with Crippen molar-refractivity contribution in [2.45, 2.75) is 58.9 Å². The highest BCUT2D eigenvalue weighted by atomic mass is 32.1. The van der Waals surface area contributed by atoms with E-state index in [4.69, 9.17) is 0 Å². The second-order valence-corrected chi connectivity index (χ2v) is 9.13. The van der Waals surface area contributed by atoms with Gasteiger partial charge in [0.2, 0.25) is 5.91 Å². The minimum atomic E-state index is -0.271. The third-order valence-electron chi connectivity index (χ3n) is 6.29. The molecule has 2 fully saturated rings. The van der Waals surface area contributed by atoms with E-state index < -0.39 is 0 Å². The van der Waals surface area contributed by atoms with Crippen molar-refractivity contribution in [1.29, 1.82) is 0 Å². The highest BCUT2D eigenvalue weighted by molar-refractivity contribution is 7.18. The first-order chi connectivity index (χ1) is 12.5. The number of likely N-dealkylation sites (tertiary alicyclic amines) is 1. The van der Waals surface area contributed by atoms with Gasteiger partial charge in [-0.1, -0.05) is 19.3 Å². The van der Waals surface area contributed by atoms with Gasteiger partial charge in [-0.15, -0.1) is 11.3 Å². The molecule has 0 aromatic carbocycles. The van der Waals surface area contributed by atoms with Gasteiger partial charge in [0, 0.05) is 18.0 Å². The molecule has 2 aliphatic rings. The fourth-order valence-corrected chi connectivity index (χ4v) is 5.63.